The van der Waals surface area contributed by atoms with E-state index in [0.29, 0.717) is 68.4 Å². The largest absolute Gasteiger partial charge is 0.417 e. The summed E-state index contributed by atoms with van der Waals surface area (Å²) < 4.78 is 77.3. The molecule has 1 unspecified atom stereocenters. The Balaban J connectivity index is 1.22. The summed E-state index contributed by atoms with van der Waals surface area (Å²) in [4.78, 5) is 16.3. The number of rotatable bonds is 11. The van der Waals surface area contributed by atoms with E-state index in [9.17, 15) is 31.5 Å². The fourth-order valence-electron chi connectivity index (χ4n) is 6.72. The summed E-state index contributed by atoms with van der Waals surface area (Å²) in [6.45, 7) is 5.48. The standard InChI is InChI=1S/C30H41F3N8O5S2/c1-48(44,45)39-9-6-26-24(19-39)28(21-2-3-25(30(31,32)33)27(16-21)47-15-12-37-10-13-46-14-11-37)36-41(26)18-23(42)17-38-7-4-22(5-8-38)40-20-34-35-29(40)43/h2-3,16,20,22-23,42H,4-15,17-19H2,1H3,(H,35,43). The van der Waals surface area contributed by atoms with Crippen LogP contribution in [0.5, 0.6) is 0 Å². The number of β-amino-alcohol motifs (C(OH)–C–C–N with tert-alkyl or cyclic N) is 1. The number of fused-ring (bicyclic) bond motifs is 1. The van der Waals surface area contributed by atoms with Crippen molar-refractivity contribution in [2.75, 3.05) is 71.0 Å². The Labute approximate surface area is 281 Å². The number of nitrogens with zero attached hydrogens (tertiary/aromatic N) is 7. The van der Waals surface area contributed by atoms with Gasteiger partial charge >= 0.3 is 11.9 Å². The number of morpholine rings is 1. The summed E-state index contributed by atoms with van der Waals surface area (Å²) in [6, 6.07) is 4.01. The zero-order valence-corrected chi connectivity index (χ0v) is 28.4. The molecule has 6 rings (SSSR count). The number of benzene rings is 1. The molecule has 1 atom stereocenters. The predicted molar refractivity (Wildman–Crippen MR) is 173 cm³/mol. The molecular formula is C30H41F3N8O5S2. The molecule has 48 heavy (non-hydrogen) atoms. The van der Waals surface area contributed by atoms with Gasteiger partial charge in [0.1, 0.15) is 6.33 Å². The minimum Gasteiger partial charge on any atom is -0.390 e. The van der Waals surface area contributed by atoms with Crippen molar-refractivity contribution in [3.05, 3.63) is 51.8 Å². The number of aliphatic hydroxyl groups excluding tert-OH is 1. The molecule has 264 valence electrons. The molecule has 3 aliphatic heterocycles. The second kappa shape index (κ2) is 14.6. The molecule has 0 saturated carbocycles. The van der Waals surface area contributed by atoms with E-state index in [1.54, 1.807) is 9.25 Å². The van der Waals surface area contributed by atoms with Crippen molar-refractivity contribution in [1.29, 1.82) is 0 Å². The first kappa shape index (κ1) is 35.1. The smallest absolute Gasteiger partial charge is 0.390 e. The normalized spacial score (nSPS) is 19.9. The van der Waals surface area contributed by atoms with Crippen LogP contribution < -0.4 is 5.69 Å². The molecule has 2 saturated heterocycles. The van der Waals surface area contributed by atoms with Gasteiger partial charge in [-0.05, 0) is 25.0 Å². The molecule has 0 bridgehead atoms. The molecule has 2 N–H and O–H groups in total. The third-order valence-electron chi connectivity index (χ3n) is 9.28. The second-order valence-electron chi connectivity index (χ2n) is 12.6. The van der Waals surface area contributed by atoms with E-state index in [4.69, 9.17) is 9.84 Å². The fraction of sp³-hybridized carbons (Fsp3) is 0.633. The van der Waals surface area contributed by atoms with Gasteiger partial charge in [0, 0.05) is 92.3 Å². The van der Waals surface area contributed by atoms with E-state index >= 15 is 0 Å². The Morgan fingerprint density at radius 1 is 1.10 bits per heavy atom. The molecule has 0 spiro atoms. The van der Waals surface area contributed by atoms with Crippen LogP contribution in [0.4, 0.5) is 13.2 Å². The molecule has 18 heteroatoms. The number of nitrogens with one attached hydrogen (secondary N) is 1. The second-order valence-corrected chi connectivity index (χ2v) is 15.7. The van der Waals surface area contributed by atoms with E-state index in [-0.39, 0.29) is 36.3 Å². The maximum Gasteiger partial charge on any atom is 0.417 e. The van der Waals surface area contributed by atoms with Crippen LogP contribution in [0.1, 0.15) is 35.7 Å². The Bertz CT molecular complexity index is 1730. The van der Waals surface area contributed by atoms with Crippen LogP contribution >= 0.6 is 11.8 Å². The summed E-state index contributed by atoms with van der Waals surface area (Å²) in [5, 5.41) is 22.2. The van der Waals surface area contributed by atoms with Gasteiger partial charge in [-0.3, -0.25) is 14.1 Å². The van der Waals surface area contributed by atoms with Crippen molar-refractivity contribution in [3.63, 3.8) is 0 Å². The number of aromatic amines is 1. The van der Waals surface area contributed by atoms with Crippen molar-refractivity contribution in [1.82, 2.24) is 38.6 Å². The van der Waals surface area contributed by atoms with Crippen LogP contribution in [0.2, 0.25) is 0 Å². The SMILES string of the molecule is CS(=O)(=O)N1CCc2c(c(-c3ccc(C(F)(F)F)c(SCCN4CCOCC4)c3)nn2CC(O)CN2CCC(n3cn[nH]c3=O)CC2)C1. The number of ether oxygens (including phenoxy) is 1. The van der Waals surface area contributed by atoms with E-state index < -0.39 is 27.9 Å². The maximum absolute atomic E-state index is 14.1. The molecule has 0 aliphatic carbocycles. The first-order chi connectivity index (χ1) is 22.9. The van der Waals surface area contributed by atoms with Crippen molar-refractivity contribution in [2.24, 2.45) is 0 Å². The van der Waals surface area contributed by atoms with Gasteiger partial charge in [0.15, 0.2) is 0 Å². The average molecular weight is 715 g/mol. The van der Waals surface area contributed by atoms with Crippen LogP contribution in [0.3, 0.4) is 0 Å². The third-order valence-corrected chi connectivity index (χ3v) is 11.6. The molecule has 1 aromatic carbocycles. The maximum atomic E-state index is 14.1. The zero-order chi connectivity index (χ0) is 34.1. The third kappa shape index (κ3) is 8.17. The van der Waals surface area contributed by atoms with Crippen LogP contribution in [0.15, 0.2) is 34.2 Å². The van der Waals surface area contributed by atoms with E-state index in [1.807, 2.05) is 0 Å². The highest BCUT2D eigenvalue weighted by Gasteiger charge is 2.35. The number of thioether (sulfide) groups is 1. The summed E-state index contributed by atoms with van der Waals surface area (Å²) in [5.74, 6) is 0.462. The summed E-state index contributed by atoms with van der Waals surface area (Å²) in [6.07, 6.45) is -0.885. The van der Waals surface area contributed by atoms with Gasteiger partial charge in [-0.15, -0.1) is 11.8 Å². The Hall–Kier alpha value is -2.74. The topological polar surface area (TPSA) is 142 Å². The number of sulfonamides is 1. The van der Waals surface area contributed by atoms with Gasteiger partial charge < -0.3 is 14.7 Å². The lowest BCUT2D eigenvalue weighted by molar-refractivity contribution is -0.139. The van der Waals surface area contributed by atoms with Crippen molar-refractivity contribution in [2.45, 2.75) is 55.6 Å². The number of alkyl halides is 3. The molecule has 3 aromatic rings. The van der Waals surface area contributed by atoms with E-state index in [2.05, 4.69) is 20.0 Å². The Kier molecular flexibility index (Phi) is 10.7. The number of piperidine rings is 1. The highest BCUT2D eigenvalue weighted by Crippen LogP contribution is 2.40. The lowest BCUT2D eigenvalue weighted by Crippen LogP contribution is -2.42. The summed E-state index contributed by atoms with van der Waals surface area (Å²) in [5.41, 5.74) is 1.32. The van der Waals surface area contributed by atoms with Gasteiger partial charge in [0.05, 0.1) is 43.4 Å². The van der Waals surface area contributed by atoms with Gasteiger partial charge in [-0.25, -0.2) is 18.3 Å². The van der Waals surface area contributed by atoms with Gasteiger partial charge in [-0.2, -0.15) is 27.7 Å². The van der Waals surface area contributed by atoms with Crippen LogP contribution in [0, 0.1) is 0 Å². The zero-order valence-electron chi connectivity index (χ0n) is 26.7. The Morgan fingerprint density at radius 2 is 1.85 bits per heavy atom. The van der Waals surface area contributed by atoms with Gasteiger partial charge in [-0.1, -0.05) is 6.07 Å². The Morgan fingerprint density at radius 3 is 2.52 bits per heavy atom. The van der Waals surface area contributed by atoms with Crippen LogP contribution in [0.25, 0.3) is 11.3 Å². The highest BCUT2D eigenvalue weighted by atomic mass is 32.2. The number of H-pyrrole nitrogens is 1. The number of aliphatic hydroxyl groups is 1. The van der Waals surface area contributed by atoms with Crippen molar-refractivity contribution < 1.29 is 31.4 Å². The van der Waals surface area contributed by atoms with Crippen LogP contribution in [-0.4, -0.2) is 129 Å². The van der Waals surface area contributed by atoms with Crippen LogP contribution in [-0.2, 0) is 40.4 Å². The lowest BCUT2D eigenvalue weighted by atomic mass is 10.0. The number of halogens is 3. The molecule has 3 aliphatic rings. The molecule has 13 nitrogen and oxygen atoms in total. The first-order valence-electron chi connectivity index (χ1n) is 16.1. The quantitative estimate of drug-likeness (QED) is 0.283. The van der Waals surface area contributed by atoms with Gasteiger partial charge in [0.2, 0.25) is 10.0 Å². The minimum absolute atomic E-state index is 0.0364. The molecule has 0 radical (unpaired) electrons. The first-order valence-corrected chi connectivity index (χ1v) is 18.9. The van der Waals surface area contributed by atoms with E-state index in [1.165, 1.54) is 22.8 Å². The number of aromatic nitrogens is 5. The summed E-state index contributed by atoms with van der Waals surface area (Å²) in [7, 11) is -3.53. The molecular weight excluding hydrogens is 674 g/mol. The lowest BCUT2D eigenvalue weighted by Gasteiger charge is -2.33. The number of likely N-dealkylation sites (tertiary alicyclic amines) is 1. The number of hydrogen-bond donors (Lipinski definition) is 2. The highest BCUT2D eigenvalue weighted by molar-refractivity contribution is 7.99. The molecule has 2 aromatic heterocycles. The number of hydrogen-bond acceptors (Lipinski definition) is 10. The van der Waals surface area contributed by atoms with Gasteiger partial charge in [0.25, 0.3) is 0 Å². The van der Waals surface area contributed by atoms with E-state index in [0.717, 1.165) is 55.7 Å². The molecule has 0 amide bonds. The van der Waals surface area contributed by atoms with Crippen molar-refractivity contribution in [3.8, 4) is 11.3 Å². The summed E-state index contributed by atoms with van der Waals surface area (Å²) >= 11 is 1.14. The fourth-order valence-corrected chi connectivity index (χ4v) is 8.62. The minimum atomic E-state index is -4.54. The predicted octanol–water partition coefficient (Wildman–Crippen LogP) is 1.89. The molecule has 2 fully saturated rings. The molecule has 5 heterocycles. The van der Waals surface area contributed by atoms with Crippen molar-refractivity contribution >= 4 is 21.8 Å². The monoisotopic (exact) mass is 714 g/mol. The average Bonchev–Trinajstić information content (AvgIpc) is 3.64.